The first-order valence-corrected chi connectivity index (χ1v) is 6.94. The quantitative estimate of drug-likeness (QED) is 0.634. The van der Waals surface area contributed by atoms with Crippen molar-refractivity contribution in [3.63, 3.8) is 0 Å². The van der Waals surface area contributed by atoms with Crippen LogP contribution in [0.1, 0.15) is 17.9 Å². The summed E-state index contributed by atoms with van der Waals surface area (Å²) in [7, 11) is 3.17. The minimum atomic E-state index is -0.831. The molecule has 0 unspecified atom stereocenters. The summed E-state index contributed by atoms with van der Waals surface area (Å²) in [5, 5.41) is 9.91. The Morgan fingerprint density at radius 2 is 2.05 bits per heavy atom. The summed E-state index contributed by atoms with van der Waals surface area (Å²) < 4.78 is 11.4. The number of methoxy groups -OCH3 is 2. The standard InChI is InChI=1S/C13H17BrN2O4/c1-19-11-4-9(10(14)5-12(11)20-2)8-3-7(8)6-16(18)13(15)17/h4-5,7-8,18H,3,6H2,1-2H3,(H2,15,17)/t7-,8+/m0/s1. The molecule has 1 aliphatic carbocycles. The van der Waals surface area contributed by atoms with Gasteiger partial charge in [-0.15, -0.1) is 0 Å². The summed E-state index contributed by atoms with van der Waals surface area (Å²) >= 11 is 3.51. The van der Waals surface area contributed by atoms with E-state index in [4.69, 9.17) is 15.2 Å². The molecule has 110 valence electrons. The lowest BCUT2D eigenvalue weighted by molar-refractivity contribution is -0.0431. The van der Waals surface area contributed by atoms with E-state index in [2.05, 4.69) is 15.9 Å². The third kappa shape index (κ3) is 2.99. The van der Waals surface area contributed by atoms with Gasteiger partial charge < -0.3 is 15.2 Å². The number of benzene rings is 1. The molecule has 1 aliphatic rings. The monoisotopic (exact) mass is 344 g/mol. The number of hydrogen-bond acceptors (Lipinski definition) is 4. The van der Waals surface area contributed by atoms with Gasteiger partial charge in [0.2, 0.25) is 0 Å². The topological polar surface area (TPSA) is 85.0 Å². The second-order valence-corrected chi connectivity index (χ2v) is 5.61. The van der Waals surface area contributed by atoms with Crippen LogP contribution in [0.5, 0.6) is 11.5 Å². The van der Waals surface area contributed by atoms with Crippen LogP contribution in [-0.4, -0.2) is 37.1 Å². The normalized spacial score (nSPS) is 20.4. The molecule has 2 amide bonds. The molecule has 0 saturated heterocycles. The van der Waals surface area contributed by atoms with E-state index in [1.807, 2.05) is 12.1 Å². The van der Waals surface area contributed by atoms with Gasteiger partial charge in [-0.2, -0.15) is 0 Å². The van der Waals surface area contributed by atoms with Crippen molar-refractivity contribution in [1.82, 2.24) is 5.06 Å². The Bertz CT molecular complexity index is 523. The van der Waals surface area contributed by atoms with E-state index in [-0.39, 0.29) is 18.4 Å². The first-order chi connectivity index (χ1) is 9.47. The maximum atomic E-state index is 10.8. The Hall–Kier alpha value is -1.47. The number of halogens is 1. The van der Waals surface area contributed by atoms with E-state index < -0.39 is 6.03 Å². The highest BCUT2D eigenvalue weighted by Gasteiger charge is 2.41. The maximum Gasteiger partial charge on any atom is 0.338 e. The number of nitrogens with two attached hydrogens (primary N) is 1. The fourth-order valence-corrected chi connectivity index (χ4v) is 2.91. The lowest BCUT2D eigenvalue weighted by Crippen LogP contribution is -2.34. The lowest BCUT2D eigenvalue weighted by Gasteiger charge is -2.13. The molecule has 1 aromatic carbocycles. The fourth-order valence-electron chi connectivity index (χ4n) is 2.30. The Kier molecular flexibility index (Phi) is 4.39. The molecule has 6 nitrogen and oxygen atoms in total. The highest BCUT2D eigenvalue weighted by molar-refractivity contribution is 9.10. The zero-order valence-electron chi connectivity index (χ0n) is 11.3. The van der Waals surface area contributed by atoms with Crippen LogP contribution >= 0.6 is 15.9 Å². The number of amides is 2. The predicted molar refractivity (Wildman–Crippen MR) is 76.2 cm³/mol. The van der Waals surface area contributed by atoms with E-state index >= 15 is 0 Å². The molecule has 0 bridgehead atoms. The number of ether oxygens (including phenoxy) is 2. The van der Waals surface area contributed by atoms with E-state index in [9.17, 15) is 10.0 Å². The zero-order chi connectivity index (χ0) is 14.9. The van der Waals surface area contributed by atoms with Crippen LogP contribution < -0.4 is 15.2 Å². The summed E-state index contributed by atoms with van der Waals surface area (Å²) in [5.74, 6) is 1.77. The fraction of sp³-hybridized carbons (Fsp3) is 0.462. The lowest BCUT2D eigenvalue weighted by atomic mass is 10.1. The van der Waals surface area contributed by atoms with Crippen LogP contribution in [0.2, 0.25) is 0 Å². The second-order valence-electron chi connectivity index (χ2n) is 4.75. The van der Waals surface area contributed by atoms with Crippen molar-refractivity contribution < 1.29 is 19.5 Å². The maximum absolute atomic E-state index is 10.8. The minimum absolute atomic E-state index is 0.196. The Morgan fingerprint density at radius 1 is 1.45 bits per heavy atom. The summed E-state index contributed by atoms with van der Waals surface area (Å²) in [6, 6.07) is 2.94. The smallest absolute Gasteiger partial charge is 0.338 e. The van der Waals surface area contributed by atoms with Crippen molar-refractivity contribution >= 4 is 22.0 Å². The molecule has 2 rings (SSSR count). The van der Waals surface area contributed by atoms with Gasteiger partial charge >= 0.3 is 6.03 Å². The average Bonchev–Trinajstić information content (AvgIpc) is 3.17. The van der Waals surface area contributed by atoms with Gasteiger partial charge in [0.25, 0.3) is 0 Å². The largest absolute Gasteiger partial charge is 0.493 e. The van der Waals surface area contributed by atoms with Gasteiger partial charge in [-0.05, 0) is 36.0 Å². The Balaban J connectivity index is 2.13. The second kappa shape index (κ2) is 5.88. The van der Waals surface area contributed by atoms with Crippen molar-refractivity contribution in [2.45, 2.75) is 12.3 Å². The number of hydrogen-bond donors (Lipinski definition) is 2. The first-order valence-electron chi connectivity index (χ1n) is 6.15. The zero-order valence-corrected chi connectivity index (χ0v) is 12.9. The number of rotatable bonds is 5. The molecule has 0 heterocycles. The average molecular weight is 345 g/mol. The van der Waals surface area contributed by atoms with E-state index in [0.717, 1.165) is 16.5 Å². The molecule has 1 fully saturated rings. The van der Waals surface area contributed by atoms with Crippen molar-refractivity contribution in [3.05, 3.63) is 22.2 Å². The van der Waals surface area contributed by atoms with Crippen LogP contribution in [0.15, 0.2) is 16.6 Å². The first kappa shape index (κ1) is 14.9. The molecule has 0 aromatic heterocycles. The number of carbonyl (C=O) groups is 1. The van der Waals surface area contributed by atoms with Crippen LogP contribution in [-0.2, 0) is 0 Å². The van der Waals surface area contributed by atoms with Crippen molar-refractivity contribution in [2.75, 3.05) is 20.8 Å². The van der Waals surface area contributed by atoms with Gasteiger partial charge in [-0.3, -0.25) is 5.21 Å². The number of carbonyl (C=O) groups excluding carboxylic acids is 1. The number of primary amides is 1. The molecule has 0 spiro atoms. The molecule has 0 radical (unpaired) electrons. The Morgan fingerprint density at radius 3 is 2.60 bits per heavy atom. The molecule has 2 atom stereocenters. The highest BCUT2D eigenvalue weighted by Crippen LogP contribution is 2.51. The van der Waals surface area contributed by atoms with Gasteiger partial charge in [-0.1, -0.05) is 15.9 Å². The molecule has 7 heteroatoms. The highest BCUT2D eigenvalue weighted by atomic mass is 79.9. The van der Waals surface area contributed by atoms with Crippen molar-refractivity contribution in [2.24, 2.45) is 11.7 Å². The van der Waals surface area contributed by atoms with Crippen molar-refractivity contribution in [1.29, 1.82) is 0 Å². The van der Waals surface area contributed by atoms with Crippen LogP contribution in [0.25, 0.3) is 0 Å². The van der Waals surface area contributed by atoms with Gasteiger partial charge in [0.05, 0.1) is 20.8 Å². The van der Waals surface area contributed by atoms with Crippen molar-refractivity contribution in [3.8, 4) is 11.5 Å². The van der Waals surface area contributed by atoms with E-state index in [1.54, 1.807) is 14.2 Å². The third-order valence-electron chi connectivity index (χ3n) is 3.49. The van der Waals surface area contributed by atoms with Gasteiger partial charge in [0.15, 0.2) is 11.5 Å². The molecule has 0 aliphatic heterocycles. The molecular weight excluding hydrogens is 328 g/mol. The number of nitrogens with zero attached hydrogens (tertiary/aromatic N) is 1. The summed E-state index contributed by atoms with van der Waals surface area (Å²) in [6.07, 6.45) is 0.887. The molecular formula is C13H17BrN2O4. The Labute approximate surface area is 125 Å². The minimum Gasteiger partial charge on any atom is -0.493 e. The van der Waals surface area contributed by atoms with E-state index in [1.165, 1.54) is 0 Å². The van der Waals surface area contributed by atoms with Gasteiger partial charge in [-0.25, -0.2) is 9.86 Å². The van der Waals surface area contributed by atoms with Crippen LogP contribution in [0.4, 0.5) is 4.79 Å². The van der Waals surface area contributed by atoms with Crippen LogP contribution in [0, 0.1) is 5.92 Å². The van der Waals surface area contributed by atoms with Gasteiger partial charge in [0.1, 0.15) is 0 Å². The molecule has 1 saturated carbocycles. The predicted octanol–water partition coefficient (Wildman–Crippen LogP) is 2.34. The number of urea groups is 1. The van der Waals surface area contributed by atoms with Crippen LogP contribution in [0.3, 0.4) is 0 Å². The third-order valence-corrected chi connectivity index (χ3v) is 4.17. The van der Waals surface area contributed by atoms with E-state index in [0.29, 0.717) is 16.6 Å². The molecule has 1 aromatic rings. The number of hydroxylamine groups is 2. The van der Waals surface area contributed by atoms with Gasteiger partial charge in [0, 0.05) is 4.47 Å². The summed E-state index contributed by atoms with van der Waals surface area (Å²) in [6.45, 7) is 0.237. The SMILES string of the molecule is COc1cc(Br)c([C@@H]2C[C@H]2CN(O)C(N)=O)cc1OC. The summed E-state index contributed by atoms with van der Waals surface area (Å²) in [4.78, 5) is 10.8. The molecule has 3 N–H and O–H groups in total. The molecule has 20 heavy (non-hydrogen) atoms. The summed E-state index contributed by atoms with van der Waals surface area (Å²) in [5.41, 5.74) is 6.08.